The summed E-state index contributed by atoms with van der Waals surface area (Å²) >= 11 is 7.07. The Labute approximate surface area is 126 Å². The molecule has 0 aliphatic carbocycles. The Morgan fingerprint density at radius 3 is 2.22 bits per heavy atom. The summed E-state index contributed by atoms with van der Waals surface area (Å²) in [6.07, 6.45) is 0. The van der Waals surface area contributed by atoms with Gasteiger partial charge in [-0.05, 0) is 52.6 Å². The van der Waals surface area contributed by atoms with Crippen LogP contribution in [-0.4, -0.2) is 25.0 Å². The number of carboxylic acids is 1. The van der Waals surface area contributed by atoms with Crippen molar-refractivity contribution in [3.63, 3.8) is 0 Å². The van der Waals surface area contributed by atoms with Gasteiger partial charge in [0.1, 0.15) is 9.77 Å². The number of rotatable bonds is 3. The molecule has 0 bridgehead atoms. The van der Waals surface area contributed by atoms with Crippen LogP contribution < -0.4 is 4.72 Å². The lowest BCUT2D eigenvalue weighted by Crippen LogP contribution is -2.40. The van der Waals surface area contributed by atoms with Crippen LogP contribution in [0, 0.1) is 0 Å². The molecule has 1 heterocycles. The van der Waals surface area contributed by atoms with Gasteiger partial charge in [-0.2, -0.15) is 0 Å². The van der Waals surface area contributed by atoms with Gasteiger partial charge in [0.2, 0.25) is 10.0 Å². The van der Waals surface area contributed by atoms with E-state index >= 15 is 0 Å². The normalized spacial score (nSPS) is 12.7. The van der Waals surface area contributed by atoms with Gasteiger partial charge in [0.15, 0.2) is 0 Å². The molecule has 0 aromatic carbocycles. The quantitative estimate of drug-likeness (QED) is 0.786. The topological polar surface area (TPSA) is 83.5 Å². The average Bonchev–Trinajstić information content (AvgIpc) is 2.39. The first-order valence-corrected chi connectivity index (χ1v) is 8.59. The Kier molecular flexibility index (Phi) is 4.65. The maximum Gasteiger partial charge on any atom is 0.347 e. The van der Waals surface area contributed by atoms with Gasteiger partial charge in [-0.25, -0.2) is 17.9 Å². The van der Waals surface area contributed by atoms with Gasteiger partial charge in [-0.15, -0.1) is 11.3 Å². The predicted molar refractivity (Wildman–Crippen MR) is 76.8 cm³/mol. The first kappa shape index (κ1) is 16.1. The molecule has 2 N–H and O–H groups in total. The third-order valence-electron chi connectivity index (χ3n) is 1.67. The van der Waals surface area contributed by atoms with Crippen LogP contribution in [0.25, 0.3) is 0 Å². The van der Waals surface area contributed by atoms with Crippen LogP contribution in [0.1, 0.15) is 30.4 Å². The molecule has 102 valence electrons. The highest BCUT2D eigenvalue weighted by atomic mass is 79.9. The van der Waals surface area contributed by atoms with Crippen LogP contribution >= 0.6 is 43.2 Å². The monoisotopic (exact) mass is 419 g/mol. The fourth-order valence-corrected chi connectivity index (χ4v) is 5.98. The summed E-state index contributed by atoms with van der Waals surface area (Å²) in [7, 11) is -3.90. The summed E-state index contributed by atoms with van der Waals surface area (Å²) in [6, 6.07) is 0. The highest BCUT2D eigenvalue weighted by molar-refractivity contribution is 9.13. The molecule has 0 aliphatic heterocycles. The number of carbonyl (C=O) groups is 1. The Balaban J connectivity index is 3.46. The molecule has 0 saturated carbocycles. The first-order valence-electron chi connectivity index (χ1n) is 4.71. The molecule has 0 saturated heterocycles. The first-order chi connectivity index (χ1) is 7.96. The second-order valence-corrected chi connectivity index (χ2v) is 9.26. The Morgan fingerprint density at radius 2 is 1.83 bits per heavy atom. The molecule has 0 atom stereocenters. The summed E-state index contributed by atoms with van der Waals surface area (Å²) in [4.78, 5) is 10.6. The summed E-state index contributed by atoms with van der Waals surface area (Å²) in [6.45, 7) is 5.04. The summed E-state index contributed by atoms with van der Waals surface area (Å²) in [5.74, 6) is -1.28. The van der Waals surface area contributed by atoms with E-state index in [1.807, 2.05) is 0 Å². The van der Waals surface area contributed by atoms with E-state index in [4.69, 9.17) is 5.11 Å². The SMILES string of the molecule is CC(C)(C)NS(=O)(=O)c1c(C(=O)O)sc(Br)c1Br. The van der Waals surface area contributed by atoms with Gasteiger partial charge in [0.25, 0.3) is 0 Å². The minimum Gasteiger partial charge on any atom is -0.477 e. The van der Waals surface area contributed by atoms with E-state index in [0.29, 0.717) is 3.79 Å². The average molecular weight is 421 g/mol. The minimum absolute atomic E-state index is 0.224. The van der Waals surface area contributed by atoms with Crippen LogP contribution in [-0.2, 0) is 10.0 Å². The molecule has 0 fully saturated rings. The Bertz CT molecular complexity index is 586. The van der Waals surface area contributed by atoms with E-state index in [1.165, 1.54) is 0 Å². The molecule has 0 radical (unpaired) electrons. The number of halogens is 2. The predicted octanol–water partition coefficient (Wildman–Crippen LogP) is 3.05. The number of carboxylic acid groups (broad SMARTS) is 1. The van der Waals surface area contributed by atoms with Crippen LogP contribution in [0.3, 0.4) is 0 Å². The highest BCUT2D eigenvalue weighted by Crippen LogP contribution is 2.40. The van der Waals surface area contributed by atoms with Gasteiger partial charge in [0.05, 0.1) is 8.26 Å². The zero-order chi connectivity index (χ0) is 14.3. The van der Waals surface area contributed by atoms with Gasteiger partial charge in [-0.3, -0.25) is 0 Å². The Morgan fingerprint density at radius 1 is 1.33 bits per heavy atom. The fourth-order valence-electron chi connectivity index (χ4n) is 1.20. The van der Waals surface area contributed by atoms with Crippen LogP contribution in [0.15, 0.2) is 13.2 Å². The fraction of sp³-hybridized carbons (Fsp3) is 0.444. The van der Waals surface area contributed by atoms with Gasteiger partial charge >= 0.3 is 5.97 Å². The molecule has 1 rings (SSSR count). The number of nitrogens with one attached hydrogen (secondary N) is 1. The van der Waals surface area contributed by atoms with Crippen molar-refractivity contribution in [2.24, 2.45) is 0 Å². The number of hydrogen-bond acceptors (Lipinski definition) is 4. The van der Waals surface area contributed by atoms with Crippen molar-refractivity contribution in [1.82, 2.24) is 4.72 Å². The van der Waals surface area contributed by atoms with Crippen molar-refractivity contribution in [2.45, 2.75) is 31.2 Å². The lowest BCUT2D eigenvalue weighted by atomic mass is 10.1. The van der Waals surface area contributed by atoms with E-state index in [2.05, 4.69) is 36.6 Å². The molecular formula is C9H11Br2NO4S2. The molecule has 18 heavy (non-hydrogen) atoms. The number of hydrogen-bond donors (Lipinski definition) is 2. The van der Waals surface area contributed by atoms with Crippen molar-refractivity contribution >= 4 is 59.2 Å². The van der Waals surface area contributed by atoms with Gasteiger partial charge < -0.3 is 5.11 Å². The van der Waals surface area contributed by atoms with E-state index in [0.717, 1.165) is 11.3 Å². The van der Waals surface area contributed by atoms with E-state index in [9.17, 15) is 13.2 Å². The van der Waals surface area contributed by atoms with E-state index < -0.39 is 21.5 Å². The highest BCUT2D eigenvalue weighted by Gasteiger charge is 2.32. The lowest BCUT2D eigenvalue weighted by Gasteiger charge is -2.20. The van der Waals surface area contributed by atoms with E-state index in [1.54, 1.807) is 20.8 Å². The molecule has 0 spiro atoms. The van der Waals surface area contributed by atoms with Gasteiger partial charge in [-0.1, -0.05) is 0 Å². The standard InChI is InChI=1S/C9H11Br2NO4S2/c1-9(2,3)12-18(15,16)6-4(10)7(11)17-5(6)8(13)14/h12H,1-3H3,(H,13,14). The lowest BCUT2D eigenvalue weighted by molar-refractivity contribution is 0.0698. The van der Waals surface area contributed by atoms with Crippen LogP contribution in [0.4, 0.5) is 0 Å². The summed E-state index contributed by atoms with van der Waals surface area (Å²) in [5, 5.41) is 9.04. The second kappa shape index (κ2) is 5.20. The summed E-state index contributed by atoms with van der Waals surface area (Å²) in [5.41, 5.74) is -0.692. The van der Waals surface area contributed by atoms with Crippen molar-refractivity contribution in [3.8, 4) is 0 Å². The van der Waals surface area contributed by atoms with Crippen molar-refractivity contribution in [3.05, 3.63) is 13.1 Å². The van der Waals surface area contributed by atoms with E-state index in [-0.39, 0.29) is 14.2 Å². The van der Waals surface area contributed by atoms with Crippen molar-refractivity contribution in [1.29, 1.82) is 0 Å². The molecule has 1 aromatic heterocycles. The largest absolute Gasteiger partial charge is 0.477 e. The Hall–Kier alpha value is 0.0400. The third kappa shape index (κ3) is 3.53. The molecule has 9 heteroatoms. The molecule has 0 aliphatic rings. The maximum atomic E-state index is 12.2. The zero-order valence-electron chi connectivity index (χ0n) is 9.74. The zero-order valence-corrected chi connectivity index (χ0v) is 14.5. The van der Waals surface area contributed by atoms with Crippen molar-refractivity contribution in [2.75, 3.05) is 0 Å². The smallest absolute Gasteiger partial charge is 0.347 e. The van der Waals surface area contributed by atoms with Crippen LogP contribution in [0.2, 0.25) is 0 Å². The van der Waals surface area contributed by atoms with Gasteiger partial charge in [0, 0.05) is 5.54 Å². The third-order valence-corrected chi connectivity index (χ3v) is 7.33. The molecule has 5 nitrogen and oxygen atoms in total. The molecule has 1 aromatic rings. The van der Waals surface area contributed by atoms with Crippen molar-refractivity contribution < 1.29 is 18.3 Å². The second-order valence-electron chi connectivity index (χ2n) is 4.51. The number of sulfonamides is 1. The number of aromatic carboxylic acids is 1. The van der Waals surface area contributed by atoms with Crippen LogP contribution in [0.5, 0.6) is 0 Å². The molecule has 0 unspecified atom stereocenters. The molecular weight excluding hydrogens is 410 g/mol. The maximum absolute atomic E-state index is 12.2. The minimum atomic E-state index is -3.90. The molecule has 0 amide bonds. The number of thiophene rings is 1. The summed E-state index contributed by atoms with van der Waals surface area (Å²) < 4.78 is 27.5.